The predicted molar refractivity (Wildman–Crippen MR) is 99.3 cm³/mol. The van der Waals surface area contributed by atoms with Crippen LogP contribution in [-0.4, -0.2) is 50.8 Å². The van der Waals surface area contributed by atoms with Gasteiger partial charge in [-0.1, -0.05) is 19.3 Å². The standard InChI is InChI=1S/C20H35NO5/c1-3-25-20-16(10-7-12-22)17(15-8-5-4-6-9-15)14-18(26-20)19(23)21-11-13-24-2/h14-17,20,22H,3-13H2,1-2H3,(H,21,23)/t16-,17+,20+/m0/s1. The van der Waals surface area contributed by atoms with Gasteiger partial charge in [0.2, 0.25) is 6.29 Å². The Morgan fingerprint density at radius 2 is 2.12 bits per heavy atom. The first-order valence-corrected chi connectivity index (χ1v) is 10.1. The summed E-state index contributed by atoms with van der Waals surface area (Å²) in [5, 5.41) is 12.1. The summed E-state index contributed by atoms with van der Waals surface area (Å²) in [5.74, 6) is 1.17. The molecule has 0 bridgehead atoms. The van der Waals surface area contributed by atoms with Crippen LogP contribution in [0.15, 0.2) is 11.8 Å². The van der Waals surface area contributed by atoms with Gasteiger partial charge in [0.05, 0.1) is 6.61 Å². The van der Waals surface area contributed by atoms with E-state index in [2.05, 4.69) is 5.32 Å². The second-order valence-electron chi connectivity index (χ2n) is 7.23. The molecular formula is C20H35NO5. The van der Waals surface area contributed by atoms with E-state index in [4.69, 9.17) is 14.2 Å². The average molecular weight is 370 g/mol. The molecule has 6 heteroatoms. The van der Waals surface area contributed by atoms with Gasteiger partial charge < -0.3 is 24.6 Å². The van der Waals surface area contributed by atoms with E-state index >= 15 is 0 Å². The number of amides is 1. The molecule has 3 atom stereocenters. The summed E-state index contributed by atoms with van der Waals surface area (Å²) in [5.41, 5.74) is 0. The Morgan fingerprint density at radius 3 is 2.77 bits per heavy atom. The number of aliphatic hydroxyl groups is 1. The fourth-order valence-electron chi connectivity index (χ4n) is 4.20. The molecule has 6 nitrogen and oxygen atoms in total. The van der Waals surface area contributed by atoms with E-state index in [9.17, 15) is 9.90 Å². The van der Waals surface area contributed by atoms with Crippen LogP contribution in [0, 0.1) is 17.8 Å². The molecule has 0 unspecified atom stereocenters. The Bertz CT molecular complexity index is 447. The van der Waals surface area contributed by atoms with Gasteiger partial charge in [-0.3, -0.25) is 4.79 Å². The summed E-state index contributed by atoms with van der Waals surface area (Å²) < 4.78 is 16.8. The van der Waals surface area contributed by atoms with Crippen molar-refractivity contribution in [2.75, 3.05) is 33.5 Å². The highest BCUT2D eigenvalue weighted by atomic mass is 16.7. The van der Waals surface area contributed by atoms with Gasteiger partial charge in [0.15, 0.2) is 5.76 Å². The van der Waals surface area contributed by atoms with Crippen molar-refractivity contribution in [1.29, 1.82) is 0 Å². The summed E-state index contributed by atoms with van der Waals surface area (Å²) in [6.45, 7) is 3.58. The van der Waals surface area contributed by atoms with Gasteiger partial charge >= 0.3 is 0 Å². The predicted octanol–water partition coefficient (Wildman–Crippen LogP) is 2.61. The fraction of sp³-hybridized carbons (Fsp3) is 0.850. The highest BCUT2D eigenvalue weighted by Crippen LogP contribution is 2.42. The molecule has 0 aromatic carbocycles. The van der Waals surface area contributed by atoms with E-state index in [-0.39, 0.29) is 24.3 Å². The van der Waals surface area contributed by atoms with E-state index in [1.807, 2.05) is 13.0 Å². The number of carbonyl (C=O) groups excluding carboxylic acids is 1. The van der Waals surface area contributed by atoms with Crippen molar-refractivity contribution in [1.82, 2.24) is 5.32 Å². The third-order valence-corrected chi connectivity index (χ3v) is 5.47. The topological polar surface area (TPSA) is 77.0 Å². The van der Waals surface area contributed by atoms with E-state index in [1.165, 1.54) is 32.1 Å². The number of hydrogen-bond acceptors (Lipinski definition) is 5. The third-order valence-electron chi connectivity index (χ3n) is 5.47. The lowest BCUT2D eigenvalue weighted by Gasteiger charge is -2.41. The normalized spacial score (nSPS) is 26.9. The molecule has 150 valence electrons. The highest BCUT2D eigenvalue weighted by molar-refractivity contribution is 5.91. The molecule has 0 radical (unpaired) electrons. The van der Waals surface area contributed by atoms with Gasteiger partial charge in [0.1, 0.15) is 0 Å². The zero-order valence-electron chi connectivity index (χ0n) is 16.2. The molecule has 1 fully saturated rings. The Labute approximate surface area is 157 Å². The zero-order valence-corrected chi connectivity index (χ0v) is 16.2. The van der Waals surface area contributed by atoms with E-state index in [0.29, 0.717) is 31.4 Å². The maximum atomic E-state index is 12.5. The Hall–Kier alpha value is -1.11. The number of ether oxygens (including phenoxy) is 3. The largest absolute Gasteiger partial charge is 0.459 e. The second-order valence-corrected chi connectivity index (χ2v) is 7.23. The molecule has 2 N–H and O–H groups in total. The van der Waals surface area contributed by atoms with Crippen LogP contribution in [0.2, 0.25) is 0 Å². The minimum Gasteiger partial charge on any atom is -0.459 e. The number of methoxy groups -OCH3 is 1. The SMILES string of the molecule is CCO[C@@H]1OC(C(=O)NCCOC)=C[C@H](C2CCCCC2)[C@@H]1CCCO. The Morgan fingerprint density at radius 1 is 1.35 bits per heavy atom. The summed E-state index contributed by atoms with van der Waals surface area (Å²) in [6, 6.07) is 0. The summed E-state index contributed by atoms with van der Waals surface area (Å²) in [4.78, 5) is 12.5. The van der Waals surface area contributed by atoms with Crippen molar-refractivity contribution in [3.05, 3.63) is 11.8 Å². The van der Waals surface area contributed by atoms with Crippen LogP contribution in [0.25, 0.3) is 0 Å². The van der Waals surface area contributed by atoms with Crippen molar-refractivity contribution in [3.63, 3.8) is 0 Å². The van der Waals surface area contributed by atoms with Crippen LogP contribution in [0.5, 0.6) is 0 Å². The molecule has 1 aliphatic heterocycles. The van der Waals surface area contributed by atoms with Crippen molar-refractivity contribution >= 4 is 5.91 Å². The van der Waals surface area contributed by atoms with Crippen LogP contribution in [-0.2, 0) is 19.0 Å². The molecule has 0 aromatic rings. The van der Waals surface area contributed by atoms with Gasteiger partial charge in [-0.25, -0.2) is 0 Å². The van der Waals surface area contributed by atoms with Gasteiger partial charge in [-0.15, -0.1) is 0 Å². The van der Waals surface area contributed by atoms with Gasteiger partial charge in [-0.2, -0.15) is 0 Å². The quantitative estimate of drug-likeness (QED) is 0.579. The number of rotatable bonds is 10. The van der Waals surface area contributed by atoms with E-state index in [0.717, 1.165) is 12.8 Å². The van der Waals surface area contributed by atoms with Crippen LogP contribution >= 0.6 is 0 Å². The molecule has 0 spiro atoms. The van der Waals surface area contributed by atoms with Gasteiger partial charge in [-0.05, 0) is 50.5 Å². The fourth-order valence-corrected chi connectivity index (χ4v) is 4.20. The summed E-state index contributed by atoms with van der Waals surface area (Å²) in [6.07, 6.45) is 9.34. The molecule has 0 saturated heterocycles. The number of aliphatic hydroxyl groups excluding tert-OH is 1. The number of allylic oxidation sites excluding steroid dienone is 1. The number of hydrogen-bond donors (Lipinski definition) is 2. The maximum Gasteiger partial charge on any atom is 0.286 e. The van der Waals surface area contributed by atoms with E-state index < -0.39 is 6.29 Å². The summed E-state index contributed by atoms with van der Waals surface area (Å²) in [7, 11) is 1.61. The third kappa shape index (κ3) is 5.96. The number of carbonyl (C=O) groups is 1. The Kier molecular flexibility index (Phi) is 9.43. The van der Waals surface area contributed by atoms with Crippen molar-refractivity contribution in [2.24, 2.45) is 17.8 Å². The molecule has 1 saturated carbocycles. The van der Waals surface area contributed by atoms with Crippen molar-refractivity contribution < 1.29 is 24.1 Å². The average Bonchev–Trinajstić information content (AvgIpc) is 2.67. The minimum absolute atomic E-state index is 0.167. The van der Waals surface area contributed by atoms with E-state index in [1.54, 1.807) is 7.11 Å². The van der Waals surface area contributed by atoms with Crippen LogP contribution in [0.3, 0.4) is 0 Å². The lowest BCUT2D eigenvalue weighted by atomic mass is 9.71. The molecule has 1 heterocycles. The molecular weight excluding hydrogens is 334 g/mol. The smallest absolute Gasteiger partial charge is 0.286 e. The highest BCUT2D eigenvalue weighted by Gasteiger charge is 2.40. The summed E-state index contributed by atoms with van der Waals surface area (Å²) >= 11 is 0. The minimum atomic E-state index is -0.424. The second kappa shape index (κ2) is 11.6. The molecule has 0 aromatic heterocycles. The lowest BCUT2D eigenvalue weighted by molar-refractivity contribution is -0.177. The number of nitrogens with one attached hydrogen (secondary N) is 1. The first-order valence-electron chi connectivity index (χ1n) is 10.1. The maximum absolute atomic E-state index is 12.5. The molecule has 26 heavy (non-hydrogen) atoms. The first-order chi connectivity index (χ1) is 12.7. The van der Waals surface area contributed by atoms with Gasteiger partial charge in [0, 0.05) is 32.8 Å². The van der Waals surface area contributed by atoms with Crippen LogP contribution < -0.4 is 5.32 Å². The molecule has 2 rings (SSSR count). The van der Waals surface area contributed by atoms with Crippen molar-refractivity contribution in [2.45, 2.75) is 58.2 Å². The first kappa shape index (κ1) is 21.2. The van der Waals surface area contributed by atoms with Crippen molar-refractivity contribution in [3.8, 4) is 0 Å². The Balaban J connectivity index is 2.18. The van der Waals surface area contributed by atoms with Gasteiger partial charge in [0.25, 0.3) is 5.91 Å². The van der Waals surface area contributed by atoms with Crippen LogP contribution in [0.4, 0.5) is 0 Å². The molecule has 1 amide bonds. The monoisotopic (exact) mass is 369 g/mol. The molecule has 2 aliphatic rings. The lowest BCUT2D eigenvalue weighted by Crippen LogP contribution is -2.42. The zero-order chi connectivity index (χ0) is 18.8. The molecule has 1 aliphatic carbocycles. The van der Waals surface area contributed by atoms with Crippen LogP contribution in [0.1, 0.15) is 51.9 Å².